The zero-order chi connectivity index (χ0) is 24.4. The summed E-state index contributed by atoms with van der Waals surface area (Å²) in [7, 11) is 1.85. The van der Waals surface area contributed by atoms with Crippen LogP contribution in [-0.2, 0) is 16.1 Å². The van der Waals surface area contributed by atoms with Crippen LogP contribution in [0.15, 0.2) is 54.6 Å². The lowest BCUT2D eigenvalue weighted by atomic mass is 9.77. The predicted octanol–water partition coefficient (Wildman–Crippen LogP) is 5.96. The lowest BCUT2D eigenvalue weighted by Crippen LogP contribution is -2.50. The van der Waals surface area contributed by atoms with Gasteiger partial charge in [0.1, 0.15) is 5.75 Å². The van der Waals surface area contributed by atoms with Crippen LogP contribution in [0, 0.1) is 5.41 Å². The second-order valence-electron chi connectivity index (χ2n) is 9.53. The van der Waals surface area contributed by atoms with E-state index in [2.05, 4.69) is 6.92 Å². The molecular formula is C28H37ClN2O3. The molecule has 0 spiro atoms. The van der Waals surface area contributed by atoms with Crippen LogP contribution >= 0.6 is 11.6 Å². The predicted molar refractivity (Wildman–Crippen MR) is 137 cm³/mol. The van der Waals surface area contributed by atoms with E-state index in [1.807, 2.05) is 54.4 Å². The Labute approximate surface area is 209 Å². The molecule has 5 nitrogen and oxygen atoms in total. The number of rotatable bonds is 11. The summed E-state index contributed by atoms with van der Waals surface area (Å²) < 4.78 is 6.16. The van der Waals surface area contributed by atoms with Crippen molar-refractivity contribution in [1.29, 1.82) is 0 Å². The molecule has 2 amide bonds. The van der Waals surface area contributed by atoms with Crippen LogP contribution in [0.25, 0.3) is 0 Å². The number of benzene rings is 2. The molecule has 6 heteroatoms. The zero-order valence-corrected chi connectivity index (χ0v) is 21.2. The van der Waals surface area contributed by atoms with Gasteiger partial charge in [0.2, 0.25) is 11.8 Å². The first-order valence-corrected chi connectivity index (χ1v) is 12.7. The van der Waals surface area contributed by atoms with Gasteiger partial charge in [0.05, 0.1) is 6.61 Å². The van der Waals surface area contributed by atoms with Gasteiger partial charge in [0.15, 0.2) is 0 Å². The topological polar surface area (TPSA) is 49.9 Å². The van der Waals surface area contributed by atoms with Crippen LogP contribution < -0.4 is 4.74 Å². The summed E-state index contributed by atoms with van der Waals surface area (Å²) in [5.41, 5.74) is 0.682. The molecule has 2 aromatic rings. The molecule has 1 aliphatic rings. The Morgan fingerprint density at radius 2 is 1.82 bits per heavy atom. The summed E-state index contributed by atoms with van der Waals surface area (Å²) in [5.74, 6) is 0.984. The second kappa shape index (κ2) is 12.8. The fourth-order valence-corrected chi connectivity index (χ4v) is 4.71. The fourth-order valence-electron chi connectivity index (χ4n) is 4.59. The number of amides is 2. The Morgan fingerprint density at radius 3 is 2.53 bits per heavy atom. The molecule has 0 aromatic heterocycles. The maximum absolute atomic E-state index is 13.3. The summed E-state index contributed by atoms with van der Waals surface area (Å²) in [6, 6.07) is 17.3. The average Bonchev–Trinajstić information content (AvgIpc) is 2.84. The molecule has 3 rings (SSSR count). The van der Waals surface area contributed by atoms with Gasteiger partial charge >= 0.3 is 0 Å². The minimum Gasteiger partial charge on any atom is -0.493 e. The average molecular weight is 485 g/mol. The van der Waals surface area contributed by atoms with Crippen molar-refractivity contribution in [1.82, 2.24) is 9.80 Å². The second-order valence-corrected chi connectivity index (χ2v) is 9.97. The largest absolute Gasteiger partial charge is 0.493 e. The summed E-state index contributed by atoms with van der Waals surface area (Å²) in [4.78, 5) is 30.0. The van der Waals surface area contributed by atoms with Gasteiger partial charge in [-0.3, -0.25) is 9.59 Å². The Hall–Kier alpha value is -2.53. The van der Waals surface area contributed by atoms with Crippen molar-refractivity contribution >= 4 is 23.4 Å². The smallest absolute Gasteiger partial charge is 0.223 e. The van der Waals surface area contributed by atoms with Crippen molar-refractivity contribution < 1.29 is 14.3 Å². The highest BCUT2D eigenvalue weighted by atomic mass is 35.5. The third kappa shape index (κ3) is 7.76. The third-order valence-corrected chi connectivity index (χ3v) is 6.83. The van der Waals surface area contributed by atoms with Crippen LogP contribution in [-0.4, -0.2) is 48.4 Å². The van der Waals surface area contributed by atoms with Crippen LogP contribution in [0.2, 0.25) is 5.02 Å². The van der Waals surface area contributed by atoms with Gasteiger partial charge in [-0.05, 0) is 49.1 Å². The molecule has 0 radical (unpaired) electrons. The molecule has 184 valence electrons. The molecule has 1 aliphatic heterocycles. The Kier molecular flexibility index (Phi) is 9.82. The summed E-state index contributed by atoms with van der Waals surface area (Å²) in [6.45, 7) is 4.39. The van der Waals surface area contributed by atoms with Crippen LogP contribution in [0.1, 0.15) is 57.4 Å². The monoisotopic (exact) mass is 484 g/mol. The number of piperidine rings is 1. The highest BCUT2D eigenvalue weighted by Gasteiger charge is 2.40. The van der Waals surface area contributed by atoms with Crippen LogP contribution in [0.5, 0.6) is 5.75 Å². The third-order valence-electron chi connectivity index (χ3n) is 6.58. The molecular weight excluding hydrogens is 448 g/mol. The Balaban J connectivity index is 1.71. The van der Waals surface area contributed by atoms with Crippen molar-refractivity contribution in [2.24, 2.45) is 5.41 Å². The van der Waals surface area contributed by atoms with Gasteiger partial charge in [0, 0.05) is 50.0 Å². The van der Waals surface area contributed by atoms with Crippen molar-refractivity contribution in [3.8, 4) is 5.75 Å². The Morgan fingerprint density at radius 1 is 1.09 bits per heavy atom. The van der Waals surface area contributed by atoms with E-state index < -0.39 is 5.41 Å². The molecule has 1 fully saturated rings. The normalized spacial score (nSPS) is 17.9. The van der Waals surface area contributed by atoms with E-state index in [-0.39, 0.29) is 11.8 Å². The van der Waals surface area contributed by atoms with E-state index in [4.69, 9.17) is 16.3 Å². The maximum atomic E-state index is 13.3. The molecule has 1 saturated heterocycles. The lowest BCUT2D eigenvalue weighted by molar-refractivity contribution is -0.141. The fraction of sp³-hybridized carbons (Fsp3) is 0.500. The highest BCUT2D eigenvalue weighted by Crippen LogP contribution is 2.36. The first-order valence-electron chi connectivity index (χ1n) is 12.3. The number of carbonyl (C=O) groups is 2. The van der Waals surface area contributed by atoms with Gasteiger partial charge in [-0.25, -0.2) is 0 Å². The molecule has 0 N–H and O–H groups in total. The van der Waals surface area contributed by atoms with Crippen LogP contribution in [0.4, 0.5) is 0 Å². The van der Waals surface area contributed by atoms with Crippen molar-refractivity contribution in [3.05, 3.63) is 65.2 Å². The zero-order valence-electron chi connectivity index (χ0n) is 20.5. The molecule has 1 heterocycles. The number of hydrogen-bond donors (Lipinski definition) is 0. The maximum Gasteiger partial charge on any atom is 0.223 e. The number of ether oxygens (including phenoxy) is 1. The van der Waals surface area contributed by atoms with Gasteiger partial charge in [0.25, 0.3) is 0 Å². The molecule has 0 unspecified atom stereocenters. The Bertz CT molecular complexity index is 919. The quantitative estimate of drug-likeness (QED) is 0.370. The van der Waals surface area contributed by atoms with E-state index in [0.29, 0.717) is 37.6 Å². The van der Waals surface area contributed by atoms with Crippen molar-refractivity contribution in [2.75, 3.05) is 26.7 Å². The number of likely N-dealkylation sites (tertiary alicyclic amines) is 1. The molecule has 34 heavy (non-hydrogen) atoms. The first-order chi connectivity index (χ1) is 16.4. The summed E-state index contributed by atoms with van der Waals surface area (Å²) in [5, 5.41) is 0.654. The standard InChI is InChI=1S/C28H37ClN2O3/c1-3-4-6-12-26(32)31-18-9-17-28(21-31,22-34-25-15-13-24(29)14-16-25)19-27(33)30(2)20-23-10-7-5-8-11-23/h5,7-8,10-11,13-16H,3-4,6,9,12,17-22H2,1-2H3/t28-/m1/s1. The molecule has 0 saturated carbocycles. The van der Waals surface area contributed by atoms with Crippen molar-refractivity contribution in [3.63, 3.8) is 0 Å². The number of hydrogen-bond acceptors (Lipinski definition) is 3. The van der Waals surface area contributed by atoms with E-state index in [9.17, 15) is 9.59 Å². The minimum atomic E-state index is -0.416. The molecule has 2 aromatic carbocycles. The van der Waals surface area contributed by atoms with E-state index in [0.717, 1.165) is 50.0 Å². The highest BCUT2D eigenvalue weighted by molar-refractivity contribution is 6.30. The number of unbranched alkanes of at least 4 members (excludes halogenated alkanes) is 2. The molecule has 0 aliphatic carbocycles. The van der Waals surface area contributed by atoms with Gasteiger partial charge in [-0.1, -0.05) is 61.7 Å². The number of carbonyl (C=O) groups excluding carboxylic acids is 2. The molecule has 0 bridgehead atoms. The van der Waals surface area contributed by atoms with E-state index in [1.165, 1.54) is 0 Å². The van der Waals surface area contributed by atoms with Crippen molar-refractivity contribution in [2.45, 2.75) is 58.4 Å². The number of nitrogens with zero attached hydrogens (tertiary/aromatic N) is 2. The lowest BCUT2D eigenvalue weighted by Gasteiger charge is -2.43. The van der Waals surface area contributed by atoms with Gasteiger partial charge in [-0.2, -0.15) is 0 Å². The van der Waals surface area contributed by atoms with Crippen LogP contribution in [0.3, 0.4) is 0 Å². The van der Waals surface area contributed by atoms with Gasteiger partial charge in [-0.15, -0.1) is 0 Å². The van der Waals surface area contributed by atoms with Gasteiger partial charge < -0.3 is 14.5 Å². The first kappa shape index (κ1) is 26.1. The van der Waals surface area contributed by atoms with E-state index >= 15 is 0 Å². The summed E-state index contributed by atoms with van der Waals surface area (Å²) in [6.07, 6.45) is 5.72. The number of halogens is 1. The minimum absolute atomic E-state index is 0.0730. The summed E-state index contributed by atoms with van der Waals surface area (Å²) >= 11 is 6.01. The molecule has 1 atom stereocenters. The SMILES string of the molecule is CCCCCC(=O)N1CCC[C@@](COc2ccc(Cl)cc2)(CC(=O)N(C)Cc2ccccc2)C1. The van der Waals surface area contributed by atoms with E-state index in [1.54, 1.807) is 17.0 Å².